The fourth-order valence-corrected chi connectivity index (χ4v) is 4.19. The number of rotatable bonds is 6. The van der Waals surface area contributed by atoms with Crippen LogP contribution < -0.4 is 10.0 Å². The van der Waals surface area contributed by atoms with E-state index in [4.69, 9.17) is 4.74 Å². The van der Waals surface area contributed by atoms with E-state index < -0.39 is 21.8 Å². The number of amides is 1. The first kappa shape index (κ1) is 22.1. The predicted octanol–water partition coefficient (Wildman–Crippen LogP) is 3.80. The molecule has 3 rings (SSSR count). The second-order valence-electron chi connectivity index (χ2n) is 7.02. The van der Waals surface area contributed by atoms with Crippen molar-refractivity contribution in [3.05, 3.63) is 59.7 Å². The summed E-state index contributed by atoms with van der Waals surface area (Å²) >= 11 is 0. The summed E-state index contributed by atoms with van der Waals surface area (Å²) in [5.41, 5.74) is -0.912. The van der Waals surface area contributed by atoms with Gasteiger partial charge in [-0.25, -0.2) is 8.42 Å². The van der Waals surface area contributed by atoms with E-state index in [0.29, 0.717) is 12.7 Å². The molecular formula is C20H21F3N2O4S. The lowest BCUT2D eigenvalue weighted by Crippen LogP contribution is -2.40. The molecule has 0 aliphatic carbocycles. The number of carbonyl (C=O) groups is 1. The quantitative estimate of drug-likeness (QED) is 0.713. The molecule has 162 valence electrons. The van der Waals surface area contributed by atoms with Crippen molar-refractivity contribution in [3.63, 3.8) is 0 Å². The zero-order valence-electron chi connectivity index (χ0n) is 16.1. The summed E-state index contributed by atoms with van der Waals surface area (Å²) in [5.74, 6) is -0.368. The fraction of sp³-hybridized carbons (Fsp3) is 0.350. The molecule has 10 heteroatoms. The summed E-state index contributed by atoms with van der Waals surface area (Å²) in [6.45, 7) is 2.50. The summed E-state index contributed by atoms with van der Waals surface area (Å²) in [6, 6.07) is 8.85. The average Bonchev–Trinajstić information content (AvgIpc) is 3.22. The lowest BCUT2D eigenvalue weighted by molar-refractivity contribution is -0.137. The lowest BCUT2D eigenvalue weighted by atomic mass is 10.1. The Balaban J connectivity index is 1.69. The molecule has 30 heavy (non-hydrogen) atoms. The van der Waals surface area contributed by atoms with Crippen LogP contribution in [0.1, 0.15) is 35.7 Å². The van der Waals surface area contributed by atoms with Crippen LogP contribution in [-0.4, -0.2) is 33.1 Å². The minimum Gasteiger partial charge on any atom is -0.376 e. The summed E-state index contributed by atoms with van der Waals surface area (Å²) in [7, 11) is -4.12. The summed E-state index contributed by atoms with van der Waals surface area (Å²) < 4.78 is 71.1. The number of alkyl halides is 3. The number of ether oxygens (including phenoxy) is 1. The first-order valence-corrected chi connectivity index (χ1v) is 10.8. The molecule has 0 unspecified atom stereocenters. The highest BCUT2D eigenvalue weighted by atomic mass is 32.2. The number of benzene rings is 2. The molecule has 2 aromatic rings. The molecule has 0 bridgehead atoms. The van der Waals surface area contributed by atoms with Crippen molar-refractivity contribution in [2.75, 3.05) is 11.3 Å². The van der Waals surface area contributed by atoms with Crippen molar-refractivity contribution in [1.82, 2.24) is 5.32 Å². The van der Waals surface area contributed by atoms with Gasteiger partial charge in [0.2, 0.25) is 0 Å². The van der Waals surface area contributed by atoms with Crippen LogP contribution in [0.5, 0.6) is 0 Å². The van der Waals surface area contributed by atoms with Crippen molar-refractivity contribution in [1.29, 1.82) is 0 Å². The minimum absolute atomic E-state index is 0.0507. The van der Waals surface area contributed by atoms with E-state index >= 15 is 0 Å². The normalized spacial score (nSPS) is 18.1. The molecule has 6 nitrogen and oxygen atoms in total. The monoisotopic (exact) mass is 442 g/mol. The average molecular weight is 442 g/mol. The Morgan fingerprint density at radius 1 is 1.17 bits per heavy atom. The Kier molecular flexibility index (Phi) is 6.37. The van der Waals surface area contributed by atoms with Gasteiger partial charge in [0.1, 0.15) is 0 Å². The predicted molar refractivity (Wildman–Crippen MR) is 105 cm³/mol. The molecular weight excluding hydrogens is 421 g/mol. The van der Waals surface area contributed by atoms with E-state index in [-0.39, 0.29) is 34.2 Å². The van der Waals surface area contributed by atoms with Crippen LogP contribution >= 0.6 is 0 Å². The first-order chi connectivity index (χ1) is 14.1. The number of halogens is 3. The third-order valence-corrected chi connectivity index (χ3v) is 6.15. The Hall–Kier alpha value is -2.59. The molecule has 2 aromatic carbocycles. The molecule has 2 N–H and O–H groups in total. The van der Waals surface area contributed by atoms with E-state index in [9.17, 15) is 26.4 Å². The molecule has 2 atom stereocenters. The molecule has 0 spiro atoms. The van der Waals surface area contributed by atoms with Crippen molar-refractivity contribution >= 4 is 21.6 Å². The van der Waals surface area contributed by atoms with E-state index in [1.807, 2.05) is 6.92 Å². The van der Waals surface area contributed by atoms with E-state index in [1.54, 1.807) is 0 Å². The number of sulfonamides is 1. The Morgan fingerprint density at radius 2 is 1.87 bits per heavy atom. The van der Waals surface area contributed by atoms with Crippen molar-refractivity contribution < 1.29 is 31.1 Å². The van der Waals surface area contributed by atoms with Gasteiger partial charge >= 0.3 is 6.18 Å². The van der Waals surface area contributed by atoms with Crippen molar-refractivity contribution in [2.45, 2.75) is 43.0 Å². The number of nitrogens with one attached hydrogen (secondary N) is 2. The molecule has 1 fully saturated rings. The molecule has 1 amide bonds. The number of hydrogen-bond donors (Lipinski definition) is 2. The largest absolute Gasteiger partial charge is 0.416 e. The van der Waals surface area contributed by atoms with Crippen LogP contribution in [-0.2, 0) is 20.9 Å². The van der Waals surface area contributed by atoms with Crippen molar-refractivity contribution in [2.24, 2.45) is 0 Å². The van der Waals surface area contributed by atoms with Gasteiger partial charge in [-0.1, -0.05) is 6.07 Å². The molecule has 1 aliphatic rings. The summed E-state index contributed by atoms with van der Waals surface area (Å²) in [4.78, 5) is 12.2. The summed E-state index contributed by atoms with van der Waals surface area (Å²) in [6.07, 6.45) is -2.84. The van der Waals surface area contributed by atoms with Crippen LogP contribution in [0.15, 0.2) is 53.4 Å². The van der Waals surface area contributed by atoms with Gasteiger partial charge in [-0.3, -0.25) is 9.52 Å². The van der Waals surface area contributed by atoms with Crippen LogP contribution in [0.4, 0.5) is 18.9 Å². The van der Waals surface area contributed by atoms with E-state index in [0.717, 1.165) is 25.0 Å². The van der Waals surface area contributed by atoms with Crippen molar-refractivity contribution in [3.8, 4) is 0 Å². The van der Waals surface area contributed by atoms with Gasteiger partial charge in [-0.2, -0.15) is 13.2 Å². The van der Waals surface area contributed by atoms with Gasteiger partial charge in [-0.15, -0.1) is 0 Å². The van der Waals surface area contributed by atoms with E-state index in [2.05, 4.69) is 10.0 Å². The molecule has 1 saturated heterocycles. The third-order valence-electron chi connectivity index (χ3n) is 4.75. The van der Waals surface area contributed by atoms with Crippen LogP contribution in [0.25, 0.3) is 0 Å². The fourth-order valence-electron chi connectivity index (χ4n) is 3.14. The zero-order chi connectivity index (χ0) is 21.9. The third kappa shape index (κ3) is 5.31. The van der Waals surface area contributed by atoms with Gasteiger partial charge < -0.3 is 10.1 Å². The zero-order valence-corrected chi connectivity index (χ0v) is 16.9. The highest BCUT2D eigenvalue weighted by Crippen LogP contribution is 2.31. The second kappa shape index (κ2) is 8.65. The van der Waals surface area contributed by atoms with Crippen LogP contribution in [0.3, 0.4) is 0 Å². The van der Waals surface area contributed by atoms with Gasteiger partial charge in [0.25, 0.3) is 15.9 Å². The number of carbonyl (C=O) groups excluding carboxylic acids is 1. The maximum atomic E-state index is 12.8. The Labute approximate surface area is 172 Å². The molecule has 0 saturated carbocycles. The van der Waals surface area contributed by atoms with Crippen LogP contribution in [0, 0.1) is 0 Å². The van der Waals surface area contributed by atoms with Gasteiger partial charge in [0.15, 0.2) is 0 Å². The molecule has 1 heterocycles. The molecule has 0 aromatic heterocycles. The topological polar surface area (TPSA) is 84.5 Å². The summed E-state index contributed by atoms with van der Waals surface area (Å²) in [5, 5.41) is 2.82. The highest BCUT2D eigenvalue weighted by Gasteiger charge is 2.31. The van der Waals surface area contributed by atoms with Gasteiger partial charge in [0, 0.05) is 17.9 Å². The second-order valence-corrected chi connectivity index (χ2v) is 8.70. The van der Waals surface area contributed by atoms with Gasteiger partial charge in [-0.05, 0) is 62.2 Å². The number of hydrogen-bond acceptors (Lipinski definition) is 4. The first-order valence-electron chi connectivity index (χ1n) is 9.29. The lowest BCUT2D eigenvalue weighted by Gasteiger charge is -2.20. The minimum atomic E-state index is -4.59. The highest BCUT2D eigenvalue weighted by molar-refractivity contribution is 7.92. The molecule has 0 radical (unpaired) electrons. The van der Waals surface area contributed by atoms with Crippen LogP contribution in [0.2, 0.25) is 0 Å². The SMILES string of the molecule is C[C@H](NC(=O)c1ccc(S(=O)(=O)Nc2cccc(C(F)(F)F)c2)cc1)[C@@H]1CCCO1. The Bertz CT molecular complexity index is 1000. The maximum Gasteiger partial charge on any atom is 0.416 e. The smallest absolute Gasteiger partial charge is 0.376 e. The number of anilines is 1. The van der Waals surface area contributed by atoms with E-state index in [1.165, 1.54) is 30.3 Å². The standard InChI is InChI=1S/C20H21F3N2O4S/c1-13(18-6-3-11-29-18)24-19(26)14-7-9-17(10-8-14)30(27,28)25-16-5-2-4-15(12-16)20(21,22)23/h2,4-5,7-10,12-13,18,25H,3,6,11H2,1H3,(H,24,26)/t13-,18-/m0/s1. The molecule has 1 aliphatic heterocycles. The maximum absolute atomic E-state index is 12.8. The Morgan fingerprint density at radius 3 is 2.47 bits per heavy atom. The van der Waals surface area contributed by atoms with Gasteiger partial charge in [0.05, 0.1) is 22.6 Å².